The van der Waals surface area contributed by atoms with Gasteiger partial charge in [0, 0.05) is 0 Å². The molecule has 0 heterocycles. The van der Waals surface area contributed by atoms with Crippen LogP contribution in [-0.2, 0) is 6.14 Å². The standard InChI is InChI=1S/C8H5IO7/c10-6-2-3(7(11)12)5(9(15)16)1-4(6)8(13)14/h1-2,10H,(H,11,12)(H,13,14). The molecule has 3 N–H and O–H groups in total. The Morgan fingerprint density at radius 2 is 1.50 bits per heavy atom. The summed E-state index contributed by atoms with van der Waals surface area (Å²) in [4.78, 5) is 21.2. The van der Waals surface area contributed by atoms with E-state index in [9.17, 15) is 20.8 Å². The summed E-state index contributed by atoms with van der Waals surface area (Å²) in [7, 11) is 0. The predicted octanol–water partition coefficient (Wildman–Crippen LogP) is 1.16. The Hall–Kier alpha value is -1.71. The molecule has 8 heteroatoms. The van der Waals surface area contributed by atoms with Gasteiger partial charge in [-0.2, -0.15) is 0 Å². The van der Waals surface area contributed by atoms with E-state index in [1.54, 1.807) is 0 Å². The minimum absolute atomic E-state index is 0.563. The van der Waals surface area contributed by atoms with Crippen molar-refractivity contribution in [2.45, 2.75) is 0 Å². The van der Waals surface area contributed by atoms with E-state index in [1.807, 2.05) is 0 Å². The van der Waals surface area contributed by atoms with Gasteiger partial charge < -0.3 is 15.3 Å². The zero-order valence-electron chi connectivity index (χ0n) is 7.51. The highest BCUT2D eigenvalue weighted by Gasteiger charge is 2.20. The maximum atomic E-state index is 10.8. The minimum atomic E-state index is -4.14. The Morgan fingerprint density at radius 1 is 1.00 bits per heavy atom. The summed E-state index contributed by atoms with van der Waals surface area (Å²) >= 11 is -4.14. The lowest BCUT2D eigenvalue weighted by molar-refractivity contribution is 0.0677. The van der Waals surface area contributed by atoms with Gasteiger partial charge in [-0.3, -0.25) is 0 Å². The first-order valence-corrected chi connectivity index (χ1v) is 6.57. The highest BCUT2D eigenvalue weighted by molar-refractivity contribution is 14.2. The van der Waals surface area contributed by atoms with Crippen LogP contribution in [0.1, 0.15) is 20.7 Å². The van der Waals surface area contributed by atoms with Gasteiger partial charge in [-0.1, -0.05) is 0 Å². The van der Waals surface area contributed by atoms with E-state index in [2.05, 4.69) is 0 Å². The highest BCUT2D eigenvalue weighted by Crippen LogP contribution is 2.28. The number of carboxylic acid groups (broad SMARTS) is 2. The molecular weight excluding hydrogens is 335 g/mol. The number of carboxylic acids is 2. The van der Waals surface area contributed by atoms with E-state index >= 15 is 0 Å². The van der Waals surface area contributed by atoms with Gasteiger partial charge >= 0.3 is 31.7 Å². The van der Waals surface area contributed by atoms with Crippen LogP contribution in [0, 0.1) is 3.57 Å². The fourth-order valence-electron chi connectivity index (χ4n) is 1.02. The van der Waals surface area contributed by atoms with E-state index in [4.69, 9.17) is 10.2 Å². The summed E-state index contributed by atoms with van der Waals surface area (Å²) in [5, 5.41) is 26.5. The largest absolute Gasteiger partial charge is 0.507 e. The SMILES string of the molecule is O=C(O)c1cc(I(=O)=O)c(C(=O)O)cc1O. The highest BCUT2D eigenvalue weighted by atomic mass is 127. The van der Waals surface area contributed by atoms with E-state index in [-0.39, 0.29) is 0 Å². The molecule has 0 amide bonds. The number of phenols is 1. The summed E-state index contributed by atoms with van der Waals surface area (Å²) in [6.45, 7) is 0. The van der Waals surface area contributed by atoms with Gasteiger partial charge in [-0.05, 0) is 12.1 Å². The molecule has 0 unspecified atom stereocenters. The van der Waals surface area contributed by atoms with E-state index < -0.39 is 52.2 Å². The molecule has 0 aliphatic heterocycles. The molecule has 0 bridgehead atoms. The summed E-state index contributed by atoms with van der Waals surface area (Å²) in [5.74, 6) is -3.86. The topological polar surface area (TPSA) is 129 Å². The molecule has 0 aliphatic rings. The fourth-order valence-corrected chi connectivity index (χ4v) is 2.45. The smallest absolute Gasteiger partial charge is 0.341 e. The average Bonchev–Trinajstić information content (AvgIpc) is 2.15. The summed E-state index contributed by atoms with van der Waals surface area (Å²) < 4.78 is 21.0. The molecule has 0 aliphatic carbocycles. The van der Waals surface area contributed by atoms with E-state index in [1.165, 1.54) is 0 Å². The Kier molecular flexibility index (Phi) is 3.42. The zero-order chi connectivity index (χ0) is 12.5. The normalized spacial score (nSPS) is 10.3. The molecule has 0 aromatic heterocycles. The second kappa shape index (κ2) is 4.43. The molecule has 0 atom stereocenters. The third-order valence-electron chi connectivity index (χ3n) is 1.71. The van der Waals surface area contributed by atoms with Crippen molar-refractivity contribution in [1.29, 1.82) is 0 Å². The van der Waals surface area contributed by atoms with E-state index in [0.29, 0.717) is 12.1 Å². The Labute approximate surface area is 95.5 Å². The number of carbonyl (C=O) groups is 2. The Morgan fingerprint density at radius 3 is 1.88 bits per heavy atom. The quantitative estimate of drug-likeness (QED) is 0.704. The van der Waals surface area contributed by atoms with Crippen LogP contribution < -0.4 is 0 Å². The lowest BCUT2D eigenvalue weighted by Crippen LogP contribution is -2.04. The molecule has 7 nitrogen and oxygen atoms in total. The summed E-state index contributed by atoms with van der Waals surface area (Å²) in [6.07, 6.45) is 0. The minimum Gasteiger partial charge on any atom is -0.507 e. The van der Waals surface area contributed by atoms with Crippen molar-refractivity contribution in [3.63, 3.8) is 0 Å². The molecule has 0 saturated heterocycles. The first-order valence-electron chi connectivity index (χ1n) is 3.73. The van der Waals surface area contributed by atoms with Crippen molar-refractivity contribution in [3.05, 3.63) is 26.8 Å². The maximum Gasteiger partial charge on any atom is 0.341 e. The van der Waals surface area contributed by atoms with Crippen molar-refractivity contribution in [3.8, 4) is 5.75 Å². The van der Waals surface area contributed by atoms with Crippen molar-refractivity contribution in [1.82, 2.24) is 0 Å². The van der Waals surface area contributed by atoms with Crippen LogP contribution in [0.4, 0.5) is 0 Å². The number of aromatic carboxylic acids is 2. The van der Waals surface area contributed by atoms with Gasteiger partial charge in [-0.15, -0.1) is 0 Å². The average molecular weight is 340 g/mol. The van der Waals surface area contributed by atoms with Crippen molar-refractivity contribution in [2.24, 2.45) is 0 Å². The van der Waals surface area contributed by atoms with Gasteiger partial charge in [0.15, 0.2) is 0 Å². The number of aromatic hydroxyl groups is 1. The molecule has 16 heavy (non-hydrogen) atoms. The third-order valence-corrected chi connectivity index (χ3v) is 3.55. The Balaban J connectivity index is 3.62. The second-order valence-corrected chi connectivity index (χ2v) is 5.08. The molecule has 0 saturated carbocycles. The number of halogens is 1. The summed E-state index contributed by atoms with van der Waals surface area (Å²) in [5.41, 5.74) is -1.27. The van der Waals surface area contributed by atoms with Gasteiger partial charge in [0.2, 0.25) is 0 Å². The van der Waals surface area contributed by atoms with Crippen LogP contribution in [0.5, 0.6) is 5.75 Å². The number of benzene rings is 1. The Bertz CT molecular complexity index is 536. The lowest BCUT2D eigenvalue weighted by atomic mass is 10.1. The molecular formula is C8H5IO7. The van der Waals surface area contributed by atoms with Gasteiger partial charge in [-0.25, -0.2) is 15.7 Å². The molecule has 1 aromatic rings. The second-order valence-electron chi connectivity index (χ2n) is 2.68. The summed E-state index contributed by atoms with van der Waals surface area (Å²) in [6, 6.07) is 1.26. The lowest BCUT2D eigenvalue weighted by Gasteiger charge is -2.03. The number of hydrogen-bond acceptors (Lipinski definition) is 5. The van der Waals surface area contributed by atoms with Crippen LogP contribution in [0.25, 0.3) is 0 Å². The third kappa shape index (κ3) is 2.27. The van der Waals surface area contributed by atoms with Crippen molar-refractivity contribution in [2.75, 3.05) is 0 Å². The number of hydrogen-bond donors (Lipinski definition) is 3. The first-order chi connectivity index (χ1) is 7.34. The fraction of sp³-hybridized carbons (Fsp3) is 0. The molecule has 0 spiro atoms. The predicted molar refractivity (Wildman–Crippen MR) is 56.1 cm³/mol. The maximum absolute atomic E-state index is 10.8. The molecule has 0 fully saturated rings. The van der Waals surface area contributed by atoms with E-state index in [0.717, 1.165) is 0 Å². The molecule has 1 aromatic carbocycles. The van der Waals surface area contributed by atoms with Crippen molar-refractivity contribution < 1.29 is 31.0 Å². The number of rotatable bonds is 3. The monoisotopic (exact) mass is 340 g/mol. The molecule has 0 radical (unpaired) electrons. The van der Waals surface area contributed by atoms with Crippen LogP contribution in [0.2, 0.25) is 0 Å². The first kappa shape index (κ1) is 12.4. The van der Waals surface area contributed by atoms with Crippen LogP contribution in [-0.4, -0.2) is 27.3 Å². The van der Waals surface area contributed by atoms with Gasteiger partial charge in [0.1, 0.15) is 11.3 Å². The zero-order valence-corrected chi connectivity index (χ0v) is 9.66. The molecule has 86 valence electrons. The van der Waals surface area contributed by atoms with Crippen LogP contribution >= 0.6 is 19.8 Å². The van der Waals surface area contributed by atoms with Gasteiger partial charge in [0.25, 0.3) is 0 Å². The van der Waals surface area contributed by atoms with Crippen LogP contribution in [0.15, 0.2) is 12.1 Å². The molecule has 1 rings (SSSR count). The van der Waals surface area contributed by atoms with Crippen LogP contribution in [0.3, 0.4) is 0 Å². The van der Waals surface area contributed by atoms with Crippen molar-refractivity contribution >= 4 is 31.7 Å². The van der Waals surface area contributed by atoms with Gasteiger partial charge in [0.05, 0.1) is 9.13 Å².